The van der Waals surface area contributed by atoms with E-state index in [0.29, 0.717) is 11.1 Å². The summed E-state index contributed by atoms with van der Waals surface area (Å²) in [4.78, 5) is 11.8. The molecule has 0 aromatic heterocycles. The Morgan fingerprint density at radius 3 is 1.59 bits per heavy atom. The first kappa shape index (κ1) is 32.7. The van der Waals surface area contributed by atoms with Crippen LogP contribution >= 0.6 is 0 Å². The molecule has 1 aromatic rings. The molecule has 0 amide bonds. The lowest BCUT2D eigenvalue weighted by Gasteiger charge is -2.42. The van der Waals surface area contributed by atoms with Crippen LogP contribution in [0.5, 0.6) is 0 Å². The van der Waals surface area contributed by atoms with Gasteiger partial charge in [-0.25, -0.2) is 0 Å². The average Bonchev–Trinajstić information content (AvgIpc) is 3.19. The second-order valence-corrected chi connectivity index (χ2v) is 8.36. The molecule has 1 aromatic carbocycles. The molecule has 0 aliphatic heterocycles. The van der Waals surface area contributed by atoms with Gasteiger partial charge in [0.1, 0.15) is 6.10 Å². The Bertz CT molecular complexity index is 1060. The number of carbonyl (C=O) groups excluding carboxylic acids is 1. The fourth-order valence-corrected chi connectivity index (χ4v) is 3.47. The van der Waals surface area contributed by atoms with Gasteiger partial charge in [-0.05, 0) is 24.0 Å². The standard InChI is InChI=1S/C20H13F17O2/c21-13(22,8-7-12(38)39-11-6-5-9-3-1-2-4-10(9)11)14(23,24)15(25,26)16(27,28)17(29,30)18(31,32)19(33,34)20(35,36)37/h1-4,11H,5-8H2/t11-/m1/s1. The van der Waals surface area contributed by atoms with Gasteiger partial charge in [-0.1, -0.05) is 24.3 Å². The van der Waals surface area contributed by atoms with Gasteiger partial charge < -0.3 is 4.74 Å². The fraction of sp³-hybridized carbons (Fsp3) is 0.650. The number of halogens is 17. The van der Waals surface area contributed by atoms with E-state index in [1.54, 1.807) is 12.1 Å². The summed E-state index contributed by atoms with van der Waals surface area (Å²) in [5.41, 5.74) is 0.954. The molecule has 2 nitrogen and oxygen atoms in total. The minimum absolute atomic E-state index is 0.0494. The normalized spacial score (nSPS) is 18.2. The monoisotopic (exact) mass is 608 g/mol. The highest BCUT2D eigenvalue weighted by Crippen LogP contribution is 2.64. The summed E-state index contributed by atoms with van der Waals surface area (Å²) in [6.07, 6.45) is -13.4. The van der Waals surface area contributed by atoms with Crippen molar-refractivity contribution in [3.63, 3.8) is 0 Å². The molecule has 0 heterocycles. The van der Waals surface area contributed by atoms with Crippen LogP contribution in [0.2, 0.25) is 0 Å². The van der Waals surface area contributed by atoms with E-state index in [0.717, 1.165) is 0 Å². The summed E-state index contributed by atoms with van der Waals surface area (Å²) in [6, 6.07) is 5.98. The Morgan fingerprint density at radius 2 is 1.10 bits per heavy atom. The van der Waals surface area contributed by atoms with Crippen molar-refractivity contribution in [1.82, 2.24) is 0 Å². The summed E-state index contributed by atoms with van der Waals surface area (Å²) in [5, 5.41) is 0. The minimum atomic E-state index is -8.68. The first-order valence-electron chi connectivity index (χ1n) is 10.2. The van der Waals surface area contributed by atoms with E-state index >= 15 is 0 Å². The maximum atomic E-state index is 13.9. The molecule has 0 spiro atoms. The topological polar surface area (TPSA) is 26.3 Å². The molecule has 224 valence electrons. The van der Waals surface area contributed by atoms with Crippen LogP contribution in [0.4, 0.5) is 74.6 Å². The molecule has 0 saturated carbocycles. The third-order valence-corrected chi connectivity index (χ3v) is 5.78. The Balaban J connectivity index is 2.29. The number of fused-ring (bicyclic) bond motifs is 1. The van der Waals surface area contributed by atoms with Crippen molar-refractivity contribution in [3.8, 4) is 0 Å². The largest absolute Gasteiger partial charge is 0.460 e. The predicted molar refractivity (Wildman–Crippen MR) is 93.5 cm³/mol. The zero-order valence-corrected chi connectivity index (χ0v) is 18.5. The van der Waals surface area contributed by atoms with Crippen molar-refractivity contribution in [2.75, 3.05) is 0 Å². The number of carbonyl (C=O) groups is 1. The van der Waals surface area contributed by atoms with Gasteiger partial charge in [-0.15, -0.1) is 0 Å². The summed E-state index contributed by atoms with van der Waals surface area (Å²) in [5.74, 6) is -58.7. The van der Waals surface area contributed by atoms with Crippen LogP contribution in [0, 0.1) is 0 Å². The lowest BCUT2D eigenvalue weighted by atomic mass is 9.88. The van der Waals surface area contributed by atoms with E-state index in [1.165, 1.54) is 12.1 Å². The van der Waals surface area contributed by atoms with E-state index in [4.69, 9.17) is 4.74 Å². The lowest BCUT2D eigenvalue weighted by molar-refractivity contribution is -0.461. The molecule has 0 bridgehead atoms. The summed E-state index contributed by atoms with van der Waals surface area (Å²) in [6.45, 7) is 0. The van der Waals surface area contributed by atoms with Gasteiger partial charge in [-0.2, -0.15) is 74.6 Å². The maximum Gasteiger partial charge on any atom is 0.460 e. The van der Waals surface area contributed by atoms with E-state index in [2.05, 4.69) is 0 Å². The number of benzene rings is 1. The van der Waals surface area contributed by atoms with Crippen molar-refractivity contribution in [2.24, 2.45) is 0 Å². The van der Waals surface area contributed by atoms with E-state index < -0.39 is 72.5 Å². The second kappa shape index (κ2) is 9.55. The SMILES string of the molecule is O=C(CCC(F)(F)C(F)(F)C(F)(F)C(F)(F)C(F)(F)C(F)(F)C(F)(F)C(F)(F)F)O[C@@H]1CCc2ccccc21. The number of esters is 1. The quantitative estimate of drug-likeness (QED) is 0.199. The highest BCUT2D eigenvalue weighted by atomic mass is 19.4. The Morgan fingerprint density at radius 1 is 0.667 bits per heavy atom. The van der Waals surface area contributed by atoms with Crippen molar-refractivity contribution in [1.29, 1.82) is 0 Å². The highest BCUT2D eigenvalue weighted by molar-refractivity contribution is 5.70. The first-order chi connectivity index (χ1) is 17.2. The van der Waals surface area contributed by atoms with Gasteiger partial charge in [0.25, 0.3) is 0 Å². The van der Waals surface area contributed by atoms with E-state index in [1.807, 2.05) is 0 Å². The van der Waals surface area contributed by atoms with E-state index in [9.17, 15) is 79.4 Å². The number of hydrogen-bond donors (Lipinski definition) is 0. The molecule has 0 unspecified atom stereocenters. The number of aryl methyl sites for hydroxylation is 1. The van der Waals surface area contributed by atoms with Crippen LogP contribution in [0.3, 0.4) is 0 Å². The van der Waals surface area contributed by atoms with E-state index in [-0.39, 0.29) is 12.8 Å². The van der Waals surface area contributed by atoms with Gasteiger partial charge in [0.15, 0.2) is 0 Å². The molecule has 19 heteroatoms. The first-order valence-corrected chi connectivity index (χ1v) is 10.2. The van der Waals surface area contributed by atoms with Crippen LogP contribution < -0.4 is 0 Å². The van der Waals surface area contributed by atoms with Crippen molar-refractivity contribution < 1.29 is 84.2 Å². The number of hydrogen-bond acceptors (Lipinski definition) is 2. The van der Waals surface area contributed by atoms with Crippen LogP contribution in [0.25, 0.3) is 0 Å². The number of alkyl halides is 17. The summed E-state index contributed by atoms with van der Waals surface area (Å²) in [7, 11) is 0. The molecule has 39 heavy (non-hydrogen) atoms. The van der Waals surface area contributed by atoms with Crippen molar-refractivity contribution in [3.05, 3.63) is 35.4 Å². The maximum absolute atomic E-state index is 13.9. The highest BCUT2D eigenvalue weighted by Gasteiger charge is 2.95. The zero-order valence-electron chi connectivity index (χ0n) is 18.5. The molecule has 0 N–H and O–H groups in total. The number of rotatable bonds is 10. The molecular weight excluding hydrogens is 595 g/mol. The van der Waals surface area contributed by atoms with Gasteiger partial charge in [0, 0.05) is 6.42 Å². The van der Waals surface area contributed by atoms with Gasteiger partial charge in [-0.3, -0.25) is 4.79 Å². The average molecular weight is 608 g/mol. The van der Waals surface area contributed by atoms with Crippen molar-refractivity contribution in [2.45, 2.75) is 79.4 Å². The second-order valence-electron chi connectivity index (χ2n) is 8.36. The molecule has 2 rings (SSSR count). The molecule has 0 fully saturated rings. The predicted octanol–water partition coefficient (Wildman–Crippen LogP) is 8.01. The third kappa shape index (κ3) is 4.86. The third-order valence-electron chi connectivity index (χ3n) is 5.78. The van der Waals surface area contributed by atoms with Crippen LogP contribution in [0.1, 0.15) is 36.5 Å². The van der Waals surface area contributed by atoms with Gasteiger partial charge >= 0.3 is 53.6 Å². The van der Waals surface area contributed by atoms with Gasteiger partial charge in [0.2, 0.25) is 0 Å². The minimum Gasteiger partial charge on any atom is -0.457 e. The molecule has 1 aliphatic rings. The summed E-state index contributed by atoms with van der Waals surface area (Å²) >= 11 is 0. The van der Waals surface area contributed by atoms with Crippen molar-refractivity contribution >= 4 is 5.97 Å². The van der Waals surface area contributed by atoms with Crippen LogP contribution in [-0.4, -0.2) is 53.6 Å². The zero-order chi connectivity index (χ0) is 30.7. The van der Waals surface area contributed by atoms with Gasteiger partial charge in [0.05, 0.1) is 6.42 Å². The Labute approximate surface area is 206 Å². The van der Waals surface area contributed by atoms with Crippen LogP contribution in [-0.2, 0) is 16.0 Å². The van der Waals surface area contributed by atoms with Crippen LogP contribution in [0.15, 0.2) is 24.3 Å². The fourth-order valence-electron chi connectivity index (χ4n) is 3.47. The molecule has 1 atom stereocenters. The molecular formula is C20H13F17O2. The molecule has 1 aliphatic carbocycles. The summed E-state index contributed by atoms with van der Waals surface area (Å²) < 4.78 is 230. The molecule has 0 radical (unpaired) electrons. The Kier molecular flexibility index (Phi) is 8.01. The lowest BCUT2D eigenvalue weighted by Crippen LogP contribution is -2.74. The smallest absolute Gasteiger partial charge is 0.457 e. The number of ether oxygens (including phenoxy) is 1. The molecule has 0 saturated heterocycles. The Hall–Kier alpha value is -2.50.